The molecule has 0 radical (unpaired) electrons. The lowest BCUT2D eigenvalue weighted by Crippen LogP contribution is -2.03. The van der Waals surface area contributed by atoms with Crippen molar-refractivity contribution in [1.82, 2.24) is 0 Å². The maximum Gasteiger partial charge on any atom is 0.0287 e. The van der Waals surface area contributed by atoms with E-state index in [0.717, 1.165) is 0 Å². The Morgan fingerprint density at radius 1 is 0.870 bits per heavy atom. The second kappa shape index (κ2) is 6.04. The summed E-state index contributed by atoms with van der Waals surface area (Å²) < 4.78 is 0. The molecule has 0 bridgehead atoms. The van der Waals surface area contributed by atoms with E-state index in [9.17, 15) is 0 Å². The third kappa shape index (κ3) is 2.49. The molecule has 0 saturated heterocycles. The first-order valence-electron chi connectivity index (χ1n) is 8.66. The fourth-order valence-electron chi connectivity index (χ4n) is 3.79. The molecule has 0 nitrogen and oxygen atoms in total. The summed E-state index contributed by atoms with van der Waals surface area (Å²) in [6, 6.07) is 22.3. The van der Waals surface area contributed by atoms with E-state index in [1.54, 1.807) is 0 Å². The Kier molecular flexibility index (Phi) is 3.75. The van der Waals surface area contributed by atoms with E-state index in [4.69, 9.17) is 0 Å². The standard InChI is InChI=1S/C23H22/c1-2-3-8-19-14-13-18-10-5-7-12-21(18)23(19)22-16-15-17-9-4-6-11-20(17)22/h4-7,9-16,22H,2-3,8H2,1H3. The van der Waals surface area contributed by atoms with Gasteiger partial charge in [0.25, 0.3) is 0 Å². The number of unbranched alkanes of at least 4 members (excludes halogenated alkanes) is 1. The quantitative estimate of drug-likeness (QED) is 0.527. The zero-order valence-electron chi connectivity index (χ0n) is 13.6. The Morgan fingerprint density at radius 2 is 1.70 bits per heavy atom. The van der Waals surface area contributed by atoms with Crippen molar-refractivity contribution < 1.29 is 0 Å². The third-order valence-electron chi connectivity index (χ3n) is 4.97. The lowest BCUT2D eigenvalue weighted by molar-refractivity contribution is 0.786. The zero-order chi connectivity index (χ0) is 15.6. The predicted molar refractivity (Wildman–Crippen MR) is 99.9 cm³/mol. The van der Waals surface area contributed by atoms with Gasteiger partial charge in [-0.1, -0.05) is 86.2 Å². The number of allylic oxidation sites excluding steroid dienone is 1. The first-order chi connectivity index (χ1) is 11.4. The van der Waals surface area contributed by atoms with Crippen molar-refractivity contribution in [3.05, 3.63) is 89.0 Å². The molecule has 23 heavy (non-hydrogen) atoms. The van der Waals surface area contributed by atoms with E-state index in [2.05, 4.69) is 79.7 Å². The van der Waals surface area contributed by atoms with E-state index in [1.165, 1.54) is 52.3 Å². The highest BCUT2D eigenvalue weighted by atomic mass is 14.3. The molecule has 3 aromatic carbocycles. The molecule has 0 aromatic heterocycles. The molecule has 0 fully saturated rings. The number of fused-ring (bicyclic) bond motifs is 2. The molecule has 0 heterocycles. The first-order valence-corrected chi connectivity index (χ1v) is 8.66. The van der Waals surface area contributed by atoms with Crippen molar-refractivity contribution in [2.45, 2.75) is 32.1 Å². The molecule has 1 aliphatic rings. The van der Waals surface area contributed by atoms with E-state index >= 15 is 0 Å². The second-order valence-electron chi connectivity index (χ2n) is 6.43. The van der Waals surface area contributed by atoms with E-state index in [-0.39, 0.29) is 0 Å². The normalized spacial score (nSPS) is 16.0. The van der Waals surface area contributed by atoms with Crippen LogP contribution < -0.4 is 0 Å². The molecule has 0 N–H and O–H groups in total. The van der Waals surface area contributed by atoms with Crippen LogP contribution in [0.25, 0.3) is 16.8 Å². The predicted octanol–water partition coefficient (Wildman–Crippen LogP) is 6.34. The Labute approximate surface area is 138 Å². The van der Waals surface area contributed by atoms with Gasteiger partial charge in [0.15, 0.2) is 0 Å². The summed E-state index contributed by atoms with van der Waals surface area (Å²) >= 11 is 0. The summed E-state index contributed by atoms with van der Waals surface area (Å²) in [4.78, 5) is 0. The van der Waals surface area contributed by atoms with E-state index in [0.29, 0.717) is 5.92 Å². The van der Waals surface area contributed by atoms with Gasteiger partial charge in [-0.25, -0.2) is 0 Å². The van der Waals surface area contributed by atoms with Crippen LogP contribution in [0.1, 0.15) is 47.9 Å². The van der Waals surface area contributed by atoms with Crippen molar-refractivity contribution >= 4 is 16.8 Å². The topological polar surface area (TPSA) is 0 Å². The van der Waals surface area contributed by atoms with Gasteiger partial charge in [0, 0.05) is 5.92 Å². The molecule has 0 aliphatic heterocycles. The van der Waals surface area contributed by atoms with Gasteiger partial charge >= 0.3 is 0 Å². The average Bonchev–Trinajstić information content (AvgIpc) is 3.03. The van der Waals surface area contributed by atoms with Crippen LogP contribution in [0.3, 0.4) is 0 Å². The van der Waals surface area contributed by atoms with Crippen LogP contribution in [-0.4, -0.2) is 0 Å². The zero-order valence-corrected chi connectivity index (χ0v) is 13.6. The SMILES string of the molecule is CCCCc1ccc2ccccc2c1C1C=Cc2ccccc21. The fraction of sp³-hybridized carbons (Fsp3) is 0.217. The molecule has 0 amide bonds. The molecular formula is C23H22. The maximum atomic E-state index is 2.38. The maximum absolute atomic E-state index is 2.38. The highest BCUT2D eigenvalue weighted by molar-refractivity contribution is 5.89. The second-order valence-corrected chi connectivity index (χ2v) is 6.43. The monoisotopic (exact) mass is 298 g/mol. The van der Waals surface area contributed by atoms with Gasteiger partial charge in [0.2, 0.25) is 0 Å². The molecule has 1 atom stereocenters. The molecule has 0 heteroatoms. The molecule has 0 saturated carbocycles. The minimum atomic E-state index is 0.393. The average molecular weight is 298 g/mol. The minimum Gasteiger partial charge on any atom is -0.0720 e. The van der Waals surface area contributed by atoms with Crippen molar-refractivity contribution in [2.75, 3.05) is 0 Å². The summed E-state index contributed by atoms with van der Waals surface area (Å²) in [6.45, 7) is 2.27. The van der Waals surface area contributed by atoms with E-state index < -0.39 is 0 Å². The van der Waals surface area contributed by atoms with Crippen LogP contribution in [-0.2, 0) is 6.42 Å². The lowest BCUT2D eigenvalue weighted by Gasteiger charge is -2.19. The van der Waals surface area contributed by atoms with Gasteiger partial charge in [0.1, 0.15) is 0 Å². The number of hydrogen-bond donors (Lipinski definition) is 0. The van der Waals surface area contributed by atoms with Crippen LogP contribution in [0.5, 0.6) is 0 Å². The Bertz CT molecular complexity index is 870. The smallest absolute Gasteiger partial charge is 0.0287 e. The molecule has 114 valence electrons. The van der Waals surface area contributed by atoms with Crippen LogP contribution in [0.15, 0.2) is 66.7 Å². The lowest BCUT2D eigenvalue weighted by atomic mass is 9.84. The van der Waals surface area contributed by atoms with Crippen molar-refractivity contribution in [1.29, 1.82) is 0 Å². The van der Waals surface area contributed by atoms with Gasteiger partial charge in [-0.05, 0) is 45.9 Å². The highest BCUT2D eigenvalue weighted by Crippen LogP contribution is 2.40. The summed E-state index contributed by atoms with van der Waals surface area (Å²) in [5.41, 5.74) is 5.84. The summed E-state index contributed by atoms with van der Waals surface area (Å²) in [5, 5.41) is 2.76. The Balaban J connectivity index is 1.92. The van der Waals surface area contributed by atoms with E-state index in [1.807, 2.05) is 0 Å². The van der Waals surface area contributed by atoms with Crippen molar-refractivity contribution in [2.24, 2.45) is 0 Å². The molecular weight excluding hydrogens is 276 g/mol. The van der Waals surface area contributed by atoms with Crippen molar-refractivity contribution in [3.8, 4) is 0 Å². The van der Waals surface area contributed by atoms with Crippen LogP contribution in [0.4, 0.5) is 0 Å². The minimum absolute atomic E-state index is 0.393. The number of rotatable bonds is 4. The molecule has 1 aliphatic carbocycles. The van der Waals surface area contributed by atoms with Gasteiger partial charge in [-0.2, -0.15) is 0 Å². The number of hydrogen-bond acceptors (Lipinski definition) is 0. The van der Waals surface area contributed by atoms with Crippen LogP contribution >= 0.6 is 0 Å². The summed E-state index contributed by atoms with van der Waals surface area (Å²) in [5.74, 6) is 0.393. The van der Waals surface area contributed by atoms with Crippen LogP contribution in [0, 0.1) is 0 Å². The van der Waals surface area contributed by atoms with Gasteiger partial charge < -0.3 is 0 Å². The first kappa shape index (κ1) is 14.3. The molecule has 4 rings (SSSR count). The highest BCUT2D eigenvalue weighted by Gasteiger charge is 2.22. The summed E-state index contributed by atoms with van der Waals surface area (Å²) in [6.07, 6.45) is 8.32. The third-order valence-corrected chi connectivity index (χ3v) is 4.97. The van der Waals surface area contributed by atoms with Gasteiger partial charge in [0.05, 0.1) is 0 Å². The summed E-state index contributed by atoms with van der Waals surface area (Å²) in [7, 11) is 0. The number of benzene rings is 3. The van der Waals surface area contributed by atoms with Gasteiger partial charge in [-0.3, -0.25) is 0 Å². The largest absolute Gasteiger partial charge is 0.0720 e. The van der Waals surface area contributed by atoms with Crippen molar-refractivity contribution in [3.63, 3.8) is 0 Å². The Hall–Kier alpha value is -2.34. The molecule has 0 spiro atoms. The molecule has 1 unspecified atom stereocenters. The van der Waals surface area contributed by atoms with Crippen LogP contribution in [0.2, 0.25) is 0 Å². The van der Waals surface area contributed by atoms with Gasteiger partial charge in [-0.15, -0.1) is 0 Å². The Morgan fingerprint density at radius 3 is 2.61 bits per heavy atom. The fourth-order valence-corrected chi connectivity index (χ4v) is 3.79. The number of aryl methyl sites for hydroxylation is 1. The molecule has 3 aromatic rings.